The van der Waals surface area contributed by atoms with E-state index in [9.17, 15) is 4.79 Å². The van der Waals surface area contributed by atoms with Crippen molar-refractivity contribution in [1.82, 2.24) is 24.7 Å². The maximum atomic E-state index is 11.3. The molecule has 0 aliphatic carbocycles. The number of aryl methyl sites for hydroxylation is 1. The number of hydrogen-bond donors (Lipinski definition) is 1. The number of likely N-dealkylation sites (tertiary alicyclic amines) is 2. The molecule has 3 heterocycles. The van der Waals surface area contributed by atoms with Gasteiger partial charge < -0.3 is 9.88 Å². The van der Waals surface area contributed by atoms with Gasteiger partial charge in [-0.15, -0.1) is 0 Å². The van der Waals surface area contributed by atoms with Crippen LogP contribution in [-0.4, -0.2) is 63.5 Å². The van der Waals surface area contributed by atoms with Crippen LogP contribution in [0.3, 0.4) is 0 Å². The summed E-state index contributed by atoms with van der Waals surface area (Å²) in [6.07, 6.45) is 7.38. The Morgan fingerprint density at radius 3 is 2.83 bits per heavy atom. The molecule has 6 heteroatoms. The Labute approximate surface area is 138 Å². The summed E-state index contributed by atoms with van der Waals surface area (Å²) in [5.74, 6) is 1.25. The number of piperidine rings is 1. The van der Waals surface area contributed by atoms with Crippen molar-refractivity contribution >= 4 is 5.91 Å². The molecule has 1 aromatic heterocycles. The molecule has 1 N–H and O–H groups in total. The summed E-state index contributed by atoms with van der Waals surface area (Å²) in [5, 5.41) is 3.10. The number of nitrogens with one attached hydrogen (secondary N) is 1. The van der Waals surface area contributed by atoms with Crippen molar-refractivity contribution in [2.75, 3.05) is 26.7 Å². The quantitative estimate of drug-likeness (QED) is 0.902. The fraction of sp³-hybridized carbons (Fsp3) is 0.765. The lowest BCUT2D eigenvalue weighted by Gasteiger charge is -2.43. The van der Waals surface area contributed by atoms with Crippen LogP contribution in [0.2, 0.25) is 0 Å². The van der Waals surface area contributed by atoms with E-state index in [1.54, 1.807) is 6.92 Å². The van der Waals surface area contributed by atoms with Crippen LogP contribution in [0.4, 0.5) is 0 Å². The van der Waals surface area contributed by atoms with E-state index in [4.69, 9.17) is 0 Å². The highest BCUT2D eigenvalue weighted by molar-refractivity contribution is 5.73. The zero-order valence-electron chi connectivity index (χ0n) is 14.6. The van der Waals surface area contributed by atoms with Gasteiger partial charge in [0, 0.05) is 57.1 Å². The summed E-state index contributed by atoms with van der Waals surface area (Å²) in [6, 6.07) is 0.308. The minimum Gasteiger partial charge on any atom is -0.352 e. The lowest BCUT2D eigenvalue weighted by atomic mass is 9.84. The predicted octanol–water partition coefficient (Wildman–Crippen LogP) is 1.08. The second-order valence-electron chi connectivity index (χ2n) is 7.11. The first-order chi connectivity index (χ1) is 11.0. The fourth-order valence-corrected chi connectivity index (χ4v) is 4.28. The molecule has 2 fully saturated rings. The first kappa shape index (κ1) is 16.5. The summed E-state index contributed by atoms with van der Waals surface area (Å²) < 4.78 is 2.22. The van der Waals surface area contributed by atoms with Gasteiger partial charge in [-0.05, 0) is 33.2 Å². The van der Waals surface area contributed by atoms with Gasteiger partial charge in [-0.25, -0.2) is 4.98 Å². The monoisotopic (exact) mass is 319 g/mol. The number of amides is 1. The van der Waals surface area contributed by atoms with Gasteiger partial charge in [0.2, 0.25) is 5.91 Å². The van der Waals surface area contributed by atoms with Gasteiger partial charge in [-0.1, -0.05) is 0 Å². The van der Waals surface area contributed by atoms with Crippen LogP contribution in [0.5, 0.6) is 0 Å². The van der Waals surface area contributed by atoms with Crippen LogP contribution < -0.4 is 5.32 Å². The highest BCUT2D eigenvalue weighted by Gasteiger charge is 2.45. The molecule has 2 aliphatic rings. The largest absolute Gasteiger partial charge is 0.352 e. The van der Waals surface area contributed by atoms with Crippen molar-refractivity contribution in [3.8, 4) is 0 Å². The molecule has 0 unspecified atom stereocenters. The summed E-state index contributed by atoms with van der Waals surface area (Å²) in [7, 11) is 2.21. The molecule has 0 saturated carbocycles. The summed E-state index contributed by atoms with van der Waals surface area (Å²) in [4.78, 5) is 20.8. The average Bonchev–Trinajstić information content (AvgIpc) is 3.06. The van der Waals surface area contributed by atoms with Crippen LogP contribution in [-0.2, 0) is 17.9 Å². The molecule has 2 aliphatic heterocycles. The Morgan fingerprint density at radius 2 is 2.17 bits per heavy atom. The molecule has 2 saturated heterocycles. The molecule has 6 nitrogen and oxygen atoms in total. The molecular weight excluding hydrogens is 290 g/mol. The maximum absolute atomic E-state index is 11.3. The van der Waals surface area contributed by atoms with Crippen LogP contribution in [0.25, 0.3) is 0 Å². The van der Waals surface area contributed by atoms with E-state index in [-0.39, 0.29) is 11.4 Å². The minimum atomic E-state index is 0.0873. The zero-order valence-corrected chi connectivity index (χ0v) is 14.6. The summed E-state index contributed by atoms with van der Waals surface area (Å²) >= 11 is 0. The van der Waals surface area contributed by atoms with Crippen LogP contribution >= 0.6 is 0 Å². The van der Waals surface area contributed by atoms with Gasteiger partial charge >= 0.3 is 0 Å². The minimum absolute atomic E-state index is 0.0873. The number of likely N-dealkylation sites (N-methyl/N-ethyl adjacent to an activating group) is 1. The molecule has 0 bridgehead atoms. The van der Waals surface area contributed by atoms with Gasteiger partial charge in [0.1, 0.15) is 5.82 Å². The van der Waals surface area contributed by atoms with Gasteiger partial charge in [0.25, 0.3) is 0 Å². The van der Waals surface area contributed by atoms with Crippen molar-refractivity contribution < 1.29 is 4.79 Å². The van der Waals surface area contributed by atoms with E-state index < -0.39 is 0 Å². The molecule has 3 rings (SSSR count). The summed E-state index contributed by atoms with van der Waals surface area (Å²) in [6.45, 7) is 8.88. The molecule has 1 amide bonds. The second-order valence-corrected chi connectivity index (χ2v) is 7.11. The van der Waals surface area contributed by atoms with Gasteiger partial charge in [-0.2, -0.15) is 0 Å². The third-order valence-electron chi connectivity index (χ3n) is 5.63. The number of aromatic nitrogens is 2. The predicted molar refractivity (Wildman–Crippen MR) is 90.0 cm³/mol. The summed E-state index contributed by atoms with van der Waals surface area (Å²) in [5.41, 5.74) is 0.268. The molecule has 0 radical (unpaired) electrons. The Hall–Kier alpha value is -1.40. The Bertz CT molecular complexity index is 547. The maximum Gasteiger partial charge on any atom is 0.217 e. The van der Waals surface area contributed by atoms with E-state index in [0.29, 0.717) is 6.04 Å². The molecule has 0 aromatic carbocycles. The van der Waals surface area contributed by atoms with Crippen molar-refractivity contribution in [2.24, 2.45) is 0 Å². The molecule has 1 aromatic rings. The number of hydrogen-bond acceptors (Lipinski definition) is 4. The van der Waals surface area contributed by atoms with Crippen molar-refractivity contribution in [3.05, 3.63) is 18.2 Å². The first-order valence-electron chi connectivity index (χ1n) is 8.73. The highest BCUT2D eigenvalue weighted by atomic mass is 16.1. The molecule has 128 valence electrons. The van der Waals surface area contributed by atoms with E-state index in [1.807, 2.05) is 6.20 Å². The van der Waals surface area contributed by atoms with Crippen molar-refractivity contribution in [1.29, 1.82) is 0 Å². The average molecular weight is 319 g/mol. The van der Waals surface area contributed by atoms with E-state index in [1.165, 1.54) is 18.7 Å². The van der Waals surface area contributed by atoms with Crippen LogP contribution in [0.15, 0.2) is 12.4 Å². The van der Waals surface area contributed by atoms with E-state index in [0.717, 1.165) is 39.1 Å². The second kappa shape index (κ2) is 6.61. The molecule has 1 atom stereocenters. The number of imidazole rings is 1. The Kier molecular flexibility index (Phi) is 4.73. The third-order valence-corrected chi connectivity index (χ3v) is 5.63. The first-order valence-corrected chi connectivity index (χ1v) is 8.73. The SMILES string of the molecule is CCn1ccnc1CN1CCC2(CC1)C[C@H](NC(C)=O)CN2C. The Balaban J connectivity index is 1.56. The van der Waals surface area contributed by atoms with Crippen LogP contribution in [0.1, 0.15) is 38.9 Å². The number of carbonyl (C=O) groups excluding carboxylic acids is 1. The van der Waals surface area contributed by atoms with E-state index >= 15 is 0 Å². The van der Waals surface area contributed by atoms with Gasteiger partial charge in [0.15, 0.2) is 0 Å². The van der Waals surface area contributed by atoms with Crippen molar-refractivity contribution in [2.45, 2.75) is 57.8 Å². The standard InChI is InChI=1S/C17H29N5O/c1-4-22-10-7-18-16(22)13-21-8-5-17(6-9-21)11-15(12-20(17)3)19-14(2)23/h7,10,15H,4-6,8-9,11-13H2,1-3H3,(H,19,23)/t15-/m0/s1. The molecule has 23 heavy (non-hydrogen) atoms. The molecule has 1 spiro atoms. The highest BCUT2D eigenvalue weighted by Crippen LogP contribution is 2.37. The number of rotatable bonds is 4. The van der Waals surface area contributed by atoms with Crippen molar-refractivity contribution in [3.63, 3.8) is 0 Å². The molecular formula is C17H29N5O. The van der Waals surface area contributed by atoms with Gasteiger partial charge in [0.05, 0.1) is 6.54 Å². The fourth-order valence-electron chi connectivity index (χ4n) is 4.28. The lowest BCUT2D eigenvalue weighted by Crippen LogP contribution is -2.50. The van der Waals surface area contributed by atoms with Gasteiger partial charge in [-0.3, -0.25) is 14.6 Å². The van der Waals surface area contributed by atoms with E-state index in [2.05, 4.69) is 44.8 Å². The normalized spacial score (nSPS) is 25.1. The van der Waals surface area contributed by atoms with Crippen LogP contribution in [0, 0.1) is 0 Å². The zero-order chi connectivity index (χ0) is 16.4. The number of carbonyl (C=O) groups is 1. The Morgan fingerprint density at radius 1 is 1.43 bits per heavy atom. The number of nitrogens with zero attached hydrogens (tertiary/aromatic N) is 4. The topological polar surface area (TPSA) is 53.4 Å². The lowest BCUT2D eigenvalue weighted by molar-refractivity contribution is -0.119. The third kappa shape index (κ3) is 3.43. The smallest absolute Gasteiger partial charge is 0.217 e.